The van der Waals surface area contributed by atoms with Gasteiger partial charge in [-0.2, -0.15) is 70.2 Å². The first-order chi connectivity index (χ1) is 12.6. The maximum absolute atomic E-state index is 13.2. The number of rotatable bonds is 6. The van der Waals surface area contributed by atoms with Gasteiger partial charge in [-0.3, -0.25) is 0 Å². The molecule has 18 heteroatoms. The monoisotopic (exact) mass is 490 g/mol. The third kappa shape index (κ3) is 4.52. The highest BCUT2D eigenvalue weighted by molar-refractivity contribution is 5.07. The van der Waals surface area contributed by atoms with Crippen molar-refractivity contribution in [2.24, 2.45) is 5.92 Å². The van der Waals surface area contributed by atoms with Gasteiger partial charge in [-0.05, 0) is 18.8 Å². The lowest BCUT2D eigenvalue weighted by molar-refractivity contribution is -0.414. The van der Waals surface area contributed by atoms with Crippen LogP contribution in [0.15, 0.2) is 0 Å². The largest absolute Gasteiger partial charge is 0.456 e. The summed E-state index contributed by atoms with van der Waals surface area (Å²) in [5.41, 5.74) is -12.4. The fourth-order valence-corrected chi connectivity index (χ4v) is 2.39. The number of hydrogen-bond donors (Lipinski definition) is 2. The van der Waals surface area contributed by atoms with E-state index in [0.717, 1.165) is 0 Å². The molecule has 30 heavy (non-hydrogen) atoms. The molecule has 2 nitrogen and oxygen atoms in total. The van der Waals surface area contributed by atoms with Gasteiger partial charge in [-0.1, -0.05) is 6.92 Å². The average molecular weight is 490 g/mol. The Balaban J connectivity index is 6.36. The van der Waals surface area contributed by atoms with Crippen LogP contribution in [0.3, 0.4) is 0 Å². The first kappa shape index (κ1) is 28.8. The van der Waals surface area contributed by atoms with Crippen molar-refractivity contribution < 1.29 is 80.5 Å². The first-order valence-corrected chi connectivity index (χ1v) is 7.07. The molecule has 0 spiro atoms. The molecule has 0 bridgehead atoms. The standard InChI is InChI=1S/C12H10F16O2/c1-4(2-5(29,9(17,18)19)7(13,14)11(23,24)25)3-6(30,10(20,21)22)8(15,16)12(26,27)28/h4,29-30H,2-3H2,1H3. The van der Waals surface area contributed by atoms with E-state index >= 15 is 0 Å². The van der Waals surface area contributed by atoms with Gasteiger partial charge >= 0.3 is 36.6 Å². The molecule has 182 valence electrons. The molecule has 0 radical (unpaired) electrons. The second-order valence-corrected chi connectivity index (χ2v) is 6.37. The molecule has 2 unspecified atom stereocenters. The van der Waals surface area contributed by atoms with Crippen LogP contribution in [-0.4, -0.2) is 58.0 Å². The van der Waals surface area contributed by atoms with E-state index in [1.165, 1.54) is 0 Å². The Morgan fingerprint density at radius 2 is 0.667 bits per heavy atom. The molecule has 0 aromatic carbocycles. The van der Waals surface area contributed by atoms with Crippen LogP contribution in [0.5, 0.6) is 0 Å². The fraction of sp³-hybridized carbons (Fsp3) is 1.00. The van der Waals surface area contributed by atoms with Crippen LogP contribution in [0, 0.1) is 5.92 Å². The molecule has 0 aliphatic carbocycles. The van der Waals surface area contributed by atoms with Gasteiger partial charge in [0.15, 0.2) is 0 Å². The van der Waals surface area contributed by atoms with E-state index in [9.17, 15) is 70.2 Å². The Morgan fingerprint density at radius 1 is 0.467 bits per heavy atom. The van der Waals surface area contributed by atoms with Crippen LogP contribution < -0.4 is 0 Å². The summed E-state index contributed by atoms with van der Waals surface area (Å²) in [5.74, 6) is -17.5. The van der Waals surface area contributed by atoms with Crippen LogP contribution in [0.25, 0.3) is 0 Å². The summed E-state index contributed by atoms with van der Waals surface area (Å²) in [6.07, 6.45) is -34.5. The van der Waals surface area contributed by atoms with Crippen molar-refractivity contribution in [1.82, 2.24) is 0 Å². The third-order valence-electron chi connectivity index (χ3n) is 3.98. The van der Waals surface area contributed by atoms with Crippen molar-refractivity contribution in [2.75, 3.05) is 0 Å². The number of halogens is 16. The SMILES string of the molecule is CC(CC(O)(C(F)(F)F)C(F)(F)C(F)(F)F)CC(O)(C(F)(F)F)C(F)(F)C(F)(F)F. The van der Waals surface area contributed by atoms with Gasteiger partial charge in [-0.15, -0.1) is 0 Å². The predicted octanol–water partition coefficient (Wildman–Crippen LogP) is 5.38. The smallest absolute Gasteiger partial charge is 0.376 e. The quantitative estimate of drug-likeness (QED) is 0.491. The van der Waals surface area contributed by atoms with Gasteiger partial charge in [0.05, 0.1) is 0 Å². The molecule has 0 aromatic heterocycles. The van der Waals surface area contributed by atoms with E-state index in [-0.39, 0.29) is 6.92 Å². The molecule has 2 atom stereocenters. The number of hydrogen-bond acceptors (Lipinski definition) is 2. The summed E-state index contributed by atoms with van der Waals surface area (Å²) in [6, 6.07) is 0. The lowest BCUT2D eigenvalue weighted by atomic mass is 9.77. The first-order valence-electron chi connectivity index (χ1n) is 7.07. The molecule has 0 rings (SSSR count). The molecule has 0 aromatic rings. The minimum atomic E-state index is -7.16. The maximum Gasteiger partial charge on any atom is 0.456 e. The van der Waals surface area contributed by atoms with Crippen molar-refractivity contribution in [3.8, 4) is 0 Å². The van der Waals surface area contributed by atoms with E-state index in [0.29, 0.717) is 0 Å². The highest BCUT2D eigenvalue weighted by Crippen LogP contribution is 2.56. The molecular weight excluding hydrogens is 480 g/mol. The van der Waals surface area contributed by atoms with Gasteiger partial charge in [0, 0.05) is 0 Å². The highest BCUT2D eigenvalue weighted by Gasteiger charge is 2.81. The predicted molar refractivity (Wildman–Crippen MR) is 62.4 cm³/mol. The number of aliphatic hydroxyl groups is 2. The molecule has 0 saturated carbocycles. The molecule has 0 aliphatic heterocycles. The van der Waals surface area contributed by atoms with Gasteiger partial charge in [-0.25, -0.2) is 0 Å². The Hall–Kier alpha value is -1.20. The minimum absolute atomic E-state index is 0.188. The van der Waals surface area contributed by atoms with E-state index in [2.05, 4.69) is 0 Å². The van der Waals surface area contributed by atoms with E-state index in [4.69, 9.17) is 10.2 Å². The van der Waals surface area contributed by atoms with Gasteiger partial charge in [0.2, 0.25) is 11.2 Å². The molecular formula is C12H10F16O2. The van der Waals surface area contributed by atoms with Gasteiger partial charge in [0.25, 0.3) is 0 Å². The average Bonchev–Trinajstić information content (AvgIpc) is 2.41. The second kappa shape index (κ2) is 7.44. The lowest BCUT2D eigenvalue weighted by Crippen LogP contribution is -2.67. The summed E-state index contributed by atoms with van der Waals surface area (Å²) in [4.78, 5) is 0. The van der Waals surface area contributed by atoms with Crippen molar-refractivity contribution in [1.29, 1.82) is 0 Å². The summed E-state index contributed by atoms with van der Waals surface area (Å²) >= 11 is 0. The fourth-order valence-electron chi connectivity index (χ4n) is 2.39. The zero-order valence-electron chi connectivity index (χ0n) is 13.9. The lowest BCUT2D eigenvalue weighted by Gasteiger charge is -2.42. The zero-order valence-corrected chi connectivity index (χ0v) is 13.9. The van der Waals surface area contributed by atoms with Crippen LogP contribution in [0.2, 0.25) is 0 Å². The highest BCUT2D eigenvalue weighted by atomic mass is 19.4. The van der Waals surface area contributed by atoms with Crippen molar-refractivity contribution >= 4 is 0 Å². The normalized spacial score (nSPS) is 20.5. The summed E-state index contributed by atoms with van der Waals surface area (Å²) in [7, 11) is 0. The topological polar surface area (TPSA) is 40.5 Å². The second-order valence-electron chi connectivity index (χ2n) is 6.37. The molecule has 0 amide bonds. The van der Waals surface area contributed by atoms with E-state index < -0.39 is 66.5 Å². The van der Waals surface area contributed by atoms with Crippen molar-refractivity contribution in [3.05, 3.63) is 0 Å². The van der Waals surface area contributed by atoms with E-state index in [1.54, 1.807) is 0 Å². The van der Waals surface area contributed by atoms with Crippen LogP contribution in [-0.2, 0) is 0 Å². The number of alkyl halides is 16. The molecule has 0 saturated heterocycles. The molecule has 0 aliphatic rings. The molecule has 0 heterocycles. The summed E-state index contributed by atoms with van der Waals surface area (Å²) in [5, 5.41) is 18.0. The molecule has 2 N–H and O–H groups in total. The van der Waals surface area contributed by atoms with E-state index in [1.807, 2.05) is 0 Å². The summed E-state index contributed by atoms with van der Waals surface area (Å²) < 4.78 is 203. The Morgan fingerprint density at radius 3 is 0.800 bits per heavy atom. The van der Waals surface area contributed by atoms with Gasteiger partial charge in [0.1, 0.15) is 0 Å². The summed E-state index contributed by atoms with van der Waals surface area (Å²) in [6.45, 7) is -0.188. The molecule has 0 fully saturated rings. The van der Waals surface area contributed by atoms with Crippen LogP contribution in [0.4, 0.5) is 70.2 Å². The third-order valence-corrected chi connectivity index (χ3v) is 3.98. The maximum atomic E-state index is 13.2. The Bertz CT molecular complexity index is 547. The van der Waals surface area contributed by atoms with Gasteiger partial charge < -0.3 is 10.2 Å². The van der Waals surface area contributed by atoms with Crippen LogP contribution in [0.1, 0.15) is 19.8 Å². The minimum Gasteiger partial charge on any atom is -0.376 e. The van der Waals surface area contributed by atoms with Crippen molar-refractivity contribution in [3.63, 3.8) is 0 Å². The Kier molecular flexibility index (Phi) is 7.14. The van der Waals surface area contributed by atoms with Crippen molar-refractivity contribution in [2.45, 2.75) is 67.5 Å². The van der Waals surface area contributed by atoms with Crippen LogP contribution >= 0.6 is 0 Å². The zero-order chi connectivity index (χ0) is 25.0. The Labute approximate surface area is 155 Å².